The summed E-state index contributed by atoms with van der Waals surface area (Å²) >= 11 is 0. The Morgan fingerprint density at radius 1 is 1.33 bits per heavy atom. The van der Waals surface area contributed by atoms with Crippen LogP contribution in [0, 0.1) is 0 Å². The number of amides is 1. The van der Waals surface area contributed by atoms with Crippen molar-refractivity contribution in [1.82, 2.24) is 0 Å². The molecule has 3 N–H and O–H groups in total. The van der Waals surface area contributed by atoms with Gasteiger partial charge in [0.25, 0.3) is 0 Å². The van der Waals surface area contributed by atoms with Gasteiger partial charge in [-0.05, 0) is 39.3 Å². The van der Waals surface area contributed by atoms with Gasteiger partial charge in [-0.25, -0.2) is 0 Å². The Morgan fingerprint density at radius 3 is 2.61 bits per heavy atom. The van der Waals surface area contributed by atoms with E-state index in [1.54, 1.807) is 0 Å². The SMILES string of the molecule is CC(N)CCC(=O)Nc1ccccc1OC(C)C. The number of nitrogens with two attached hydrogens (primary N) is 1. The molecule has 0 fully saturated rings. The van der Waals surface area contributed by atoms with Crippen LogP contribution in [0.3, 0.4) is 0 Å². The van der Waals surface area contributed by atoms with E-state index in [0.717, 1.165) is 0 Å². The molecule has 1 unspecified atom stereocenters. The van der Waals surface area contributed by atoms with Gasteiger partial charge in [0.15, 0.2) is 0 Å². The van der Waals surface area contributed by atoms with Crippen LogP contribution < -0.4 is 15.8 Å². The third kappa shape index (κ3) is 5.19. The molecule has 0 aromatic heterocycles. The molecule has 0 bridgehead atoms. The summed E-state index contributed by atoms with van der Waals surface area (Å²) in [6.45, 7) is 5.80. The number of nitrogens with one attached hydrogen (secondary N) is 1. The van der Waals surface area contributed by atoms with E-state index in [1.807, 2.05) is 45.0 Å². The molecule has 1 aromatic carbocycles. The van der Waals surface area contributed by atoms with E-state index < -0.39 is 0 Å². The van der Waals surface area contributed by atoms with Crippen molar-refractivity contribution in [3.05, 3.63) is 24.3 Å². The molecule has 1 rings (SSSR count). The van der Waals surface area contributed by atoms with Crippen LogP contribution in [-0.4, -0.2) is 18.1 Å². The van der Waals surface area contributed by atoms with Gasteiger partial charge in [0, 0.05) is 12.5 Å². The highest BCUT2D eigenvalue weighted by Gasteiger charge is 2.09. The molecule has 1 atom stereocenters. The normalized spacial score (nSPS) is 12.3. The molecule has 100 valence electrons. The lowest BCUT2D eigenvalue weighted by atomic mass is 10.2. The Morgan fingerprint density at radius 2 is 2.00 bits per heavy atom. The molecule has 0 aliphatic rings. The first kappa shape index (κ1) is 14.5. The maximum atomic E-state index is 11.7. The number of benzene rings is 1. The zero-order valence-electron chi connectivity index (χ0n) is 11.3. The van der Waals surface area contributed by atoms with Crippen molar-refractivity contribution >= 4 is 11.6 Å². The van der Waals surface area contributed by atoms with Gasteiger partial charge in [0.05, 0.1) is 11.8 Å². The van der Waals surface area contributed by atoms with Crippen molar-refractivity contribution in [3.8, 4) is 5.75 Å². The molecular formula is C14H22N2O2. The zero-order valence-corrected chi connectivity index (χ0v) is 11.3. The molecular weight excluding hydrogens is 228 g/mol. The van der Waals surface area contributed by atoms with Gasteiger partial charge >= 0.3 is 0 Å². The van der Waals surface area contributed by atoms with Crippen LogP contribution in [0.25, 0.3) is 0 Å². The molecule has 0 spiro atoms. The molecule has 1 amide bonds. The molecule has 0 saturated carbocycles. The molecule has 0 radical (unpaired) electrons. The standard InChI is InChI=1S/C14H22N2O2/c1-10(2)18-13-7-5-4-6-12(13)16-14(17)9-8-11(3)15/h4-7,10-11H,8-9,15H2,1-3H3,(H,16,17). The first-order chi connectivity index (χ1) is 8.49. The van der Waals surface area contributed by atoms with Gasteiger partial charge < -0.3 is 15.8 Å². The van der Waals surface area contributed by atoms with Crippen molar-refractivity contribution in [1.29, 1.82) is 0 Å². The Hall–Kier alpha value is -1.55. The van der Waals surface area contributed by atoms with Crippen LogP contribution in [-0.2, 0) is 4.79 Å². The van der Waals surface area contributed by atoms with Crippen LogP contribution in [0.15, 0.2) is 24.3 Å². The lowest BCUT2D eigenvalue weighted by Gasteiger charge is -2.15. The van der Waals surface area contributed by atoms with E-state index in [4.69, 9.17) is 10.5 Å². The molecule has 0 saturated heterocycles. The summed E-state index contributed by atoms with van der Waals surface area (Å²) in [6, 6.07) is 7.48. The van der Waals surface area contributed by atoms with Gasteiger partial charge in [0.1, 0.15) is 5.75 Å². The largest absolute Gasteiger partial charge is 0.489 e. The minimum Gasteiger partial charge on any atom is -0.489 e. The molecule has 4 heteroatoms. The Bertz CT molecular complexity index is 389. The first-order valence-corrected chi connectivity index (χ1v) is 6.30. The van der Waals surface area contributed by atoms with Gasteiger partial charge in [-0.3, -0.25) is 4.79 Å². The molecule has 1 aromatic rings. The summed E-state index contributed by atoms with van der Waals surface area (Å²) in [5.74, 6) is 0.661. The van der Waals surface area contributed by atoms with Gasteiger partial charge in [-0.1, -0.05) is 12.1 Å². The first-order valence-electron chi connectivity index (χ1n) is 6.30. The molecule has 4 nitrogen and oxygen atoms in total. The predicted molar refractivity (Wildman–Crippen MR) is 73.7 cm³/mol. The number of ether oxygens (including phenoxy) is 1. The van der Waals surface area contributed by atoms with Crippen LogP contribution in [0.5, 0.6) is 5.75 Å². The highest BCUT2D eigenvalue weighted by Crippen LogP contribution is 2.25. The Kier molecular flexibility index (Phi) is 5.65. The van der Waals surface area contributed by atoms with Gasteiger partial charge in [-0.2, -0.15) is 0 Å². The van der Waals surface area contributed by atoms with Crippen LogP contribution in [0.4, 0.5) is 5.69 Å². The Balaban J connectivity index is 2.63. The van der Waals surface area contributed by atoms with Crippen molar-refractivity contribution in [2.45, 2.75) is 45.8 Å². The van der Waals surface area contributed by atoms with Crippen molar-refractivity contribution in [2.24, 2.45) is 5.73 Å². The average Bonchev–Trinajstić information content (AvgIpc) is 2.28. The number of anilines is 1. The fraction of sp³-hybridized carbons (Fsp3) is 0.500. The van der Waals surface area contributed by atoms with Crippen LogP contribution in [0.2, 0.25) is 0 Å². The van der Waals surface area contributed by atoms with Gasteiger partial charge in [0.2, 0.25) is 5.91 Å². The number of rotatable bonds is 6. The van der Waals surface area contributed by atoms with Crippen molar-refractivity contribution in [2.75, 3.05) is 5.32 Å². The highest BCUT2D eigenvalue weighted by atomic mass is 16.5. The minimum atomic E-state index is -0.0351. The van der Waals surface area contributed by atoms with E-state index in [0.29, 0.717) is 24.3 Å². The molecule has 0 heterocycles. The second-order valence-electron chi connectivity index (χ2n) is 4.73. The number of carbonyl (C=O) groups excluding carboxylic acids is 1. The predicted octanol–water partition coefficient (Wildman–Crippen LogP) is 2.54. The molecule has 0 aliphatic carbocycles. The van der Waals surface area contributed by atoms with E-state index in [-0.39, 0.29) is 18.1 Å². The third-order valence-electron chi connectivity index (χ3n) is 2.35. The summed E-state index contributed by atoms with van der Waals surface area (Å²) in [5, 5.41) is 2.85. The zero-order chi connectivity index (χ0) is 13.5. The van der Waals surface area contributed by atoms with Crippen molar-refractivity contribution in [3.63, 3.8) is 0 Å². The maximum Gasteiger partial charge on any atom is 0.224 e. The number of hydrogen-bond acceptors (Lipinski definition) is 3. The fourth-order valence-electron chi connectivity index (χ4n) is 1.50. The topological polar surface area (TPSA) is 64.4 Å². The summed E-state index contributed by atoms with van der Waals surface area (Å²) < 4.78 is 5.63. The van der Waals surface area contributed by atoms with E-state index >= 15 is 0 Å². The number of para-hydroxylation sites is 2. The lowest BCUT2D eigenvalue weighted by molar-refractivity contribution is -0.116. The maximum absolute atomic E-state index is 11.7. The monoisotopic (exact) mass is 250 g/mol. The second kappa shape index (κ2) is 7.01. The summed E-state index contributed by atoms with van der Waals surface area (Å²) in [5.41, 5.74) is 6.33. The average molecular weight is 250 g/mol. The molecule has 18 heavy (non-hydrogen) atoms. The fourth-order valence-corrected chi connectivity index (χ4v) is 1.50. The quantitative estimate of drug-likeness (QED) is 0.815. The van der Waals surface area contributed by atoms with Gasteiger partial charge in [-0.15, -0.1) is 0 Å². The molecule has 0 aliphatic heterocycles. The van der Waals surface area contributed by atoms with Crippen LogP contribution >= 0.6 is 0 Å². The highest BCUT2D eigenvalue weighted by molar-refractivity contribution is 5.92. The summed E-state index contributed by atoms with van der Waals surface area (Å²) in [4.78, 5) is 11.7. The van der Waals surface area contributed by atoms with E-state index in [1.165, 1.54) is 0 Å². The number of carbonyl (C=O) groups is 1. The van der Waals surface area contributed by atoms with Crippen LogP contribution in [0.1, 0.15) is 33.6 Å². The van der Waals surface area contributed by atoms with E-state index in [9.17, 15) is 4.79 Å². The Labute approximate surface area is 109 Å². The smallest absolute Gasteiger partial charge is 0.224 e. The minimum absolute atomic E-state index is 0.0351. The van der Waals surface area contributed by atoms with Crippen molar-refractivity contribution < 1.29 is 9.53 Å². The summed E-state index contributed by atoms with van der Waals surface area (Å²) in [6.07, 6.45) is 1.18. The summed E-state index contributed by atoms with van der Waals surface area (Å²) in [7, 11) is 0. The van der Waals surface area contributed by atoms with E-state index in [2.05, 4.69) is 5.32 Å². The third-order valence-corrected chi connectivity index (χ3v) is 2.35. The number of hydrogen-bond donors (Lipinski definition) is 2. The second-order valence-corrected chi connectivity index (χ2v) is 4.73. The lowest BCUT2D eigenvalue weighted by Crippen LogP contribution is -2.20.